The van der Waals surface area contributed by atoms with Crippen molar-refractivity contribution < 1.29 is 9.59 Å². The SMILES string of the molecule is Cc1ccc(-c2ccccc2C(=O)Nc2ccc3c(c2)CCN3C(=O)Cc2cnc(N)s2)cc1. The van der Waals surface area contributed by atoms with Gasteiger partial charge in [-0.1, -0.05) is 48.0 Å². The average molecular weight is 469 g/mol. The first-order valence-electron chi connectivity index (χ1n) is 11.1. The lowest BCUT2D eigenvalue weighted by Crippen LogP contribution is -2.30. The van der Waals surface area contributed by atoms with Crippen molar-refractivity contribution in [1.29, 1.82) is 0 Å². The van der Waals surface area contributed by atoms with Crippen LogP contribution >= 0.6 is 11.3 Å². The number of hydrogen-bond donors (Lipinski definition) is 2. The third-order valence-electron chi connectivity index (χ3n) is 5.97. The molecule has 0 unspecified atom stereocenters. The van der Waals surface area contributed by atoms with Gasteiger partial charge in [0.25, 0.3) is 5.91 Å². The molecule has 0 radical (unpaired) electrons. The second kappa shape index (κ2) is 9.11. The Morgan fingerprint density at radius 1 is 1.09 bits per heavy atom. The van der Waals surface area contributed by atoms with Gasteiger partial charge < -0.3 is 16.0 Å². The maximum atomic E-state index is 13.2. The lowest BCUT2D eigenvalue weighted by atomic mass is 9.98. The van der Waals surface area contributed by atoms with Gasteiger partial charge in [-0.25, -0.2) is 4.98 Å². The Hall–Kier alpha value is -3.97. The third kappa shape index (κ3) is 4.43. The summed E-state index contributed by atoms with van der Waals surface area (Å²) >= 11 is 1.34. The largest absolute Gasteiger partial charge is 0.375 e. The van der Waals surface area contributed by atoms with E-state index in [0.29, 0.717) is 22.9 Å². The zero-order valence-corrected chi connectivity index (χ0v) is 19.6. The topological polar surface area (TPSA) is 88.3 Å². The number of amides is 2. The number of fused-ring (bicyclic) bond motifs is 1. The van der Waals surface area contributed by atoms with Gasteiger partial charge in [0.05, 0.1) is 6.42 Å². The number of nitrogens with zero attached hydrogens (tertiary/aromatic N) is 2. The highest BCUT2D eigenvalue weighted by Crippen LogP contribution is 2.32. The van der Waals surface area contributed by atoms with Crippen molar-refractivity contribution in [2.75, 3.05) is 22.5 Å². The molecule has 0 bridgehead atoms. The Bertz CT molecular complexity index is 1380. The van der Waals surface area contributed by atoms with E-state index in [1.807, 2.05) is 73.7 Å². The van der Waals surface area contributed by atoms with E-state index >= 15 is 0 Å². The fourth-order valence-electron chi connectivity index (χ4n) is 4.25. The minimum absolute atomic E-state index is 0.0196. The maximum Gasteiger partial charge on any atom is 0.256 e. The van der Waals surface area contributed by atoms with Crippen molar-refractivity contribution in [3.05, 3.63) is 94.5 Å². The zero-order chi connectivity index (χ0) is 23.7. The fourth-order valence-corrected chi connectivity index (χ4v) is 4.93. The van der Waals surface area contributed by atoms with Crippen LogP contribution in [-0.2, 0) is 17.6 Å². The molecule has 4 aromatic rings. The molecule has 7 heteroatoms. The number of aryl methyl sites for hydroxylation is 1. The molecule has 34 heavy (non-hydrogen) atoms. The number of carbonyl (C=O) groups excluding carboxylic acids is 2. The molecule has 1 aliphatic rings. The number of carbonyl (C=O) groups is 2. The summed E-state index contributed by atoms with van der Waals surface area (Å²) in [7, 11) is 0. The summed E-state index contributed by atoms with van der Waals surface area (Å²) < 4.78 is 0. The van der Waals surface area contributed by atoms with Crippen LogP contribution in [0.25, 0.3) is 11.1 Å². The van der Waals surface area contributed by atoms with Crippen LogP contribution in [0.15, 0.2) is 72.9 Å². The molecule has 0 spiro atoms. The Morgan fingerprint density at radius 3 is 2.65 bits per heavy atom. The Morgan fingerprint density at radius 2 is 1.88 bits per heavy atom. The lowest BCUT2D eigenvalue weighted by molar-refractivity contribution is -0.117. The summed E-state index contributed by atoms with van der Waals surface area (Å²) in [6, 6.07) is 21.5. The number of nitrogen functional groups attached to an aromatic ring is 1. The molecule has 6 nitrogen and oxygen atoms in total. The normalized spacial score (nSPS) is 12.4. The molecular weight excluding hydrogens is 444 g/mol. The van der Waals surface area contributed by atoms with Crippen LogP contribution in [0.5, 0.6) is 0 Å². The lowest BCUT2D eigenvalue weighted by Gasteiger charge is -2.17. The first kappa shape index (κ1) is 21.9. The van der Waals surface area contributed by atoms with Crippen molar-refractivity contribution in [2.45, 2.75) is 19.8 Å². The highest BCUT2D eigenvalue weighted by molar-refractivity contribution is 7.15. The van der Waals surface area contributed by atoms with E-state index in [1.165, 1.54) is 16.9 Å². The quantitative estimate of drug-likeness (QED) is 0.427. The molecule has 3 N–H and O–H groups in total. The van der Waals surface area contributed by atoms with Crippen LogP contribution in [0.1, 0.15) is 26.4 Å². The second-order valence-corrected chi connectivity index (χ2v) is 9.49. The number of rotatable bonds is 5. The minimum Gasteiger partial charge on any atom is -0.375 e. The van der Waals surface area contributed by atoms with Crippen molar-refractivity contribution in [1.82, 2.24) is 4.98 Å². The van der Waals surface area contributed by atoms with Crippen LogP contribution in [-0.4, -0.2) is 23.3 Å². The van der Waals surface area contributed by atoms with Gasteiger partial charge in [-0.15, -0.1) is 11.3 Å². The van der Waals surface area contributed by atoms with E-state index in [1.54, 1.807) is 11.1 Å². The molecule has 0 aliphatic carbocycles. The van der Waals surface area contributed by atoms with E-state index in [-0.39, 0.29) is 18.2 Å². The summed E-state index contributed by atoms with van der Waals surface area (Å²) in [5, 5.41) is 3.50. The van der Waals surface area contributed by atoms with Gasteiger partial charge in [0, 0.05) is 34.6 Å². The summed E-state index contributed by atoms with van der Waals surface area (Å²) in [4.78, 5) is 32.7. The van der Waals surface area contributed by atoms with Crippen LogP contribution < -0.4 is 16.0 Å². The van der Waals surface area contributed by atoms with E-state index in [2.05, 4.69) is 10.3 Å². The maximum absolute atomic E-state index is 13.2. The second-order valence-electron chi connectivity index (χ2n) is 8.35. The van der Waals surface area contributed by atoms with Gasteiger partial charge in [-0.05, 0) is 54.3 Å². The zero-order valence-electron chi connectivity index (χ0n) is 18.7. The van der Waals surface area contributed by atoms with Crippen molar-refractivity contribution in [2.24, 2.45) is 0 Å². The number of nitrogens with one attached hydrogen (secondary N) is 1. The monoisotopic (exact) mass is 468 g/mol. The molecule has 0 saturated heterocycles. The smallest absolute Gasteiger partial charge is 0.256 e. The third-order valence-corrected chi connectivity index (χ3v) is 6.79. The van der Waals surface area contributed by atoms with Crippen LogP contribution in [0.4, 0.5) is 16.5 Å². The number of anilines is 3. The van der Waals surface area contributed by atoms with Gasteiger partial charge in [0.1, 0.15) is 0 Å². The number of thiazole rings is 1. The molecule has 5 rings (SSSR count). The van der Waals surface area contributed by atoms with E-state index in [0.717, 1.165) is 33.7 Å². The molecule has 2 heterocycles. The average Bonchev–Trinajstić information content (AvgIpc) is 3.45. The molecule has 3 aromatic carbocycles. The summed E-state index contributed by atoms with van der Waals surface area (Å²) in [5.41, 5.74) is 12.0. The van der Waals surface area contributed by atoms with Crippen LogP contribution in [0.2, 0.25) is 0 Å². The molecule has 0 saturated carbocycles. The number of benzene rings is 3. The van der Waals surface area contributed by atoms with Gasteiger partial charge in [0.2, 0.25) is 5.91 Å². The Kier molecular flexibility index (Phi) is 5.86. The molecular formula is C27H24N4O2S. The van der Waals surface area contributed by atoms with Gasteiger partial charge in [0.15, 0.2) is 5.13 Å². The Balaban J connectivity index is 1.33. The molecule has 170 valence electrons. The van der Waals surface area contributed by atoms with Crippen molar-refractivity contribution >= 4 is 39.7 Å². The van der Waals surface area contributed by atoms with Gasteiger partial charge in [-0.3, -0.25) is 9.59 Å². The predicted molar refractivity (Wildman–Crippen MR) is 137 cm³/mol. The van der Waals surface area contributed by atoms with Crippen LogP contribution in [0.3, 0.4) is 0 Å². The molecule has 0 atom stereocenters. The van der Waals surface area contributed by atoms with Crippen molar-refractivity contribution in [3.8, 4) is 11.1 Å². The highest BCUT2D eigenvalue weighted by Gasteiger charge is 2.25. The number of hydrogen-bond acceptors (Lipinski definition) is 5. The summed E-state index contributed by atoms with van der Waals surface area (Å²) in [6.45, 7) is 2.66. The molecule has 0 fully saturated rings. The van der Waals surface area contributed by atoms with E-state index in [9.17, 15) is 9.59 Å². The standard InChI is InChI=1S/C27H24N4O2S/c1-17-6-8-18(9-7-17)22-4-2-3-5-23(22)26(33)30-20-10-11-24-19(14-20)12-13-31(24)25(32)15-21-16-29-27(28)34-21/h2-11,14,16H,12-13,15H2,1H3,(H2,28,29)(H,30,33). The van der Waals surface area contributed by atoms with E-state index in [4.69, 9.17) is 5.73 Å². The molecule has 1 aromatic heterocycles. The van der Waals surface area contributed by atoms with E-state index < -0.39 is 0 Å². The summed E-state index contributed by atoms with van der Waals surface area (Å²) in [5.74, 6) is -0.143. The first-order valence-corrected chi connectivity index (χ1v) is 11.9. The van der Waals surface area contributed by atoms with Crippen LogP contribution in [0, 0.1) is 6.92 Å². The fraction of sp³-hybridized carbons (Fsp3) is 0.148. The van der Waals surface area contributed by atoms with Crippen molar-refractivity contribution in [3.63, 3.8) is 0 Å². The Labute approximate surface area is 202 Å². The molecule has 1 aliphatic heterocycles. The first-order chi connectivity index (χ1) is 16.5. The highest BCUT2D eigenvalue weighted by atomic mass is 32.1. The number of nitrogens with two attached hydrogens (primary N) is 1. The minimum atomic E-state index is -0.162. The van der Waals surface area contributed by atoms with Gasteiger partial charge >= 0.3 is 0 Å². The predicted octanol–water partition coefficient (Wildman–Crippen LogP) is 5.08. The molecule has 2 amide bonds. The number of aromatic nitrogens is 1. The summed E-state index contributed by atoms with van der Waals surface area (Å²) in [6.07, 6.45) is 2.68. The van der Waals surface area contributed by atoms with Gasteiger partial charge in [-0.2, -0.15) is 0 Å².